The molecule has 0 aromatic carbocycles. The summed E-state index contributed by atoms with van der Waals surface area (Å²) < 4.78 is 0. The monoisotopic (exact) mass is 233 g/mol. The standard InChI is InChI=1S/C10H12BN3O3/c15-6-11-14-4-8(5-14)13-9-3-7(10(16)17)1-2-12-9/h1-3,6,8,11H,4-5H2,(H,12,13)(H,16,17). The molecular weight excluding hydrogens is 221 g/mol. The molecule has 1 aliphatic rings. The molecule has 0 amide bonds. The molecule has 0 radical (unpaired) electrons. The van der Waals surface area contributed by atoms with Crippen LogP contribution < -0.4 is 5.32 Å². The minimum Gasteiger partial charge on any atom is -0.478 e. The third-order valence-electron chi connectivity index (χ3n) is 2.65. The second-order valence-electron chi connectivity index (χ2n) is 3.96. The molecule has 2 N–H and O–H groups in total. The Morgan fingerprint density at radius 3 is 3.06 bits per heavy atom. The smallest absolute Gasteiger partial charge is 0.335 e. The molecule has 88 valence electrons. The quantitative estimate of drug-likeness (QED) is 0.522. The van der Waals surface area contributed by atoms with Gasteiger partial charge in [-0.05, 0) is 12.1 Å². The normalized spacial score (nSPS) is 16.0. The molecule has 1 saturated heterocycles. The van der Waals surface area contributed by atoms with Crippen molar-refractivity contribution in [1.29, 1.82) is 0 Å². The third kappa shape index (κ3) is 2.82. The van der Waals surface area contributed by atoms with Crippen LogP contribution in [0.25, 0.3) is 0 Å². The molecule has 1 aromatic heterocycles. The maximum absolute atomic E-state index is 10.8. The van der Waals surface area contributed by atoms with Crippen LogP contribution >= 0.6 is 0 Å². The minimum absolute atomic E-state index is 0.214. The summed E-state index contributed by atoms with van der Waals surface area (Å²) in [4.78, 5) is 27.1. The molecule has 7 heteroatoms. The molecule has 0 saturated carbocycles. The lowest BCUT2D eigenvalue weighted by atomic mass is 9.88. The first-order chi connectivity index (χ1) is 8.19. The van der Waals surface area contributed by atoms with Gasteiger partial charge in [-0.3, -0.25) is 0 Å². The number of carboxylic acid groups (broad SMARTS) is 1. The molecule has 0 unspecified atom stereocenters. The molecule has 0 spiro atoms. The van der Waals surface area contributed by atoms with Gasteiger partial charge in [-0.2, -0.15) is 0 Å². The summed E-state index contributed by atoms with van der Waals surface area (Å²) >= 11 is 0. The summed E-state index contributed by atoms with van der Waals surface area (Å²) in [7, 11) is 0.445. The largest absolute Gasteiger partial charge is 0.478 e. The van der Waals surface area contributed by atoms with Crippen molar-refractivity contribution in [1.82, 2.24) is 9.79 Å². The predicted octanol–water partition coefficient (Wildman–Crippen LogP) is -0.582. The predicted molar refractivity (Wildman–Crippen MR) is 64.1 cm³/mol. The number of carboxylic acids is 1. The molecule has 0 atom stereocenters. The van der Waals surface area contributed by atoms with E-state index in [1.807, 2.05) is 4.81 Å². The number of carbonyl (C=O) groups excluding carboxylic acids is 1. The Labute approximate surface area is 98.9 Å². The SMILES string of the molecule is O=CBN1CC(Nc2cc(C(=O)O)ccn2)C1. The second-order valence-corrected chi connectivity index (χ2v) is 3.96. The zero-order valence-corrected chi connectivity index (χ0v) is 9.17. The number of rotatable bonds is 5. The number of hydrogen-bond donors (Lipinski definition) is 2. The number of hydrogen-bond acceptors (Lipinski definition) is 5. The number of anilines is 1. The van der Waals surface area contributed by atoms with E-state index in [4.69, 9.17) is 5.11 Å². The van der Waals surface area contributed by atoms with Crippen LogP contribution in [0, 0.1) is 0 Å². The first kappa shape index (κ1) is 11.6. The van der Waals surface area contributed by atoms with E-state index in [2.05, 4.69) is 10.3 Å². The van der Waals surface area contributed by atoms with Crippen molar-refractivity contribution in [2.75, 3.05) is 18.4 Å². The van der Waals surface area contributed by atoms with Gasteiger partial charge in [0.15, 0.2) is 0 Å². The van der Waals surface area contributed by atoms with Crippen LogP contribution in [-0.2, 0) is 4.79 Å². The molecule has 1 aliphatic heterocycles. The minimum atomic E-state index is -0.966. The van der Waals surface area contributed by atoms with Crippen molar-refractivity contribution in [2.45, 2.75) is 6.04 Å². The summed E-state index contributed by atoms with van der Waals surface area (Å²) in [5.41, 5.74) is 0.214. The van der Waals surface area contributed by atoms with E-state index in [-0.39, 0.29) is 11.6 Å². The van der Waals surface area contributed by atoms with Gasteiger partial charge in [0.25, 0.3) is 7.41 Å². The molecule has 0 bridgehead atoms. The fourth-order valence-electron chi connectivity index (χ4n) is 1.77. The average Bonchev–Trinajstić information content (AvgIpc) is 2.27. The Balaban J connectivity index is 1.90. The summed E-state index contributed by atoms with van der Waals surface area (Å²) in [5, 5.41) is 12.0. The molecule has 2 rings (SSSR count). The van der Waals surface area contributed by atoms with Gasteiger partial charge in [0.1, 0.15) is 5.82 Å². The van der Waals surface area contributed by atoms with Crippen molar-refractivity contribution in [3.63, 3.8) is 0 Å². The first-order valence-corrected chi connectivity index (χ1v) is 5.31. The van der Waals surface area contributed by atoms with Gasteiger partial charge in [0.2, 0.25) is 0 Å². The Bertz CT molecular complexity index is 435. The van der Waals surface area contributed by atoms with E-state index in [0.29, 0.717) is 13.2 Å². The lowest BCUT2D eigenvalue weighted by Crippen LogP contribution is -2.56. The summed E-state index contributed by atoms with van der Waals surface area (Å²) in [5.74, 6) is -0.410. The number of nitrogens with one attached hydrogen (secondary N) is 1. The average molecular weight is 233 g/mol. The van der Waals surface area contributed by atoms with Crippen LogP contribution in [0.1, 0.15) is 10.4 Å². The third-order valence-corrected chi connectivity index (χ3v) is 2.65. The van der Waals surface area contributed by atoms with Crippen LogP contribution in [0.4, 0.5) is 5.82 Å². The second kappa shape index (κ2) is 4.96. The maximum Gasteiger partial charge on any atom is 0.335 e. The summed E-state index contributed by atoms with van der Waals surface area (Å²) in [6.07, 6.45) is 2.34. The van der Waals surface area contributed by atoms with Crippen LogP contribution in [0.5, 0.6) is 0 Å². The Morgan fingerprint density at radius 1 is 1.65 bits per heavy atom. The topological polar surface area (TPSA) is 82.5 Å². The van der Waals surface area contributed by atoms with Crippen molar-refractivity contribution in [3.05, 3.63) is 23.9 Å². The van der Waals surface area contributed by atoms with Gasteiger partial charge in [-0.15, -0.1) is 0 Å². The molecule has 17 heavy (non-hydrogen) atoms. The zero-order valence-electron chi connectivity index (χ0n) is 9.17. The number of carbonyl (C=O) groups is 2. The maximum atomic E-state index is 10.8. The van der Waals surface area contributed by atoms with Crippen molar-refractivity contribution in [2.24, 2.45) is 0 Å². The van der Waals surface area contributed by atoms with Gasteiger partial charge < -0.3 is 20.0 Å². The van der Waals surface area contributed by atoms with Crippen LogP contribution in [0.15, 0.2) is 18.3 Å². The van der Waals surface area contributed by atoms with E-state index >= 15 is 0 Å². The number of pyridine rings is 1. The molecule has 0 aliphatic carbocycles. The van der Waals surface area contributed by atoms with Gasteiger partial charge in [-0.1, -0.05) is 0 Å². The van der Waals surface area contributed by atoms with E-state index in [0.717, 1.165) is 19.3 Å². The van der Waals surface area contributed by atoms with E-state index < -0.39 is 5.97 Å². The Kier molecular flexibility index (Phi) is 3.39. The number of aromatic carboxylic acids is 1. The lowest BCUT2D eigenvalue weighted by molar-refractivity contribution is 0.0697. The Morgan fingerprint density at radius 2 is 2.41 bits per heavy atom. The van der Waals surface area contributed by atoms with Gasteiger partial charge in [-0.25, -0.2) is 9.78 Å². The molecule has 2 heterocycles. The lowest BCUT2D eigenvalue weighted by Gasteiger charge is -2.38. The van der Waals surface area contributed by atoms with Crippen LogP contribution in [0.2, 0.25) is 0 Å². The Hall–Kier alpha value is -1.89. The molecule has 6 nitrogen and oxygen atoms in total. The van der Waals surface area contributed by atoms with Crippen molar-refractivity contribution < 1.29 is 14.7 Å². The fraction of sp³-hybridized carbons (Fsp3) is 0.300. The van der Waals surface area contributed by atoms with E-state index in [1.54, 1.807) is 0 Å². The van der Waals surface area contributed by atoms with Crippen molar-refractivity contribution >= 4 is 25.4 Å². The first-order valence-electron chi connectivity index (χ1n) is 5.31. The van der Waals surface area contributed by atoms with Crippen molar-refractivity contribution in [3.8, 4) is 0 Å². The van der Waals surface area contributed by atoms with E-state index in [9.17, 15) is 9.59 Å². The molecule has 1 aromatic rings. The number of nitrogens with zero attached hydrogens (tertiary/aromatic N) is 2. The van der Waals surface area contributed by atoms with Gasteiger partial charge in [0.05, 0.1) is 17.8 Å². The van der Waals surface area contributed by atoms with E-state index in [1.165, 1.54) is 18.3 Å². The highest BCUT2D eigenvalue weighted by atomic mass is 16.4. The van der Waals surface area contributed by atoms with Crippen LogP contribution in [-0.4, -0.2) is 53.6 Å². The molecule has 1 fully saturated rings. The highest BCUT2D eigenvalue weighted by Crippen LogP contribution is 2.13. The fourth-order valence-corrected chi connectivity index (χ4v) is 1.77. The number of aromatic nitrogens is 1. The van der Waals surface area contributed by atoms with Gasteiger partial charge >= 0.3 is 5.97 Å². The summed E-state index contributed by atoms with van der Waals surface area (Å²) in [6, 6.07) is 3.18. The highest BCUT2D eigenvalue weighted by Gasteiger charge is 2.26. The highest BCUT2D eigenvalue weighted by molar-refractivity contribution is 6.64. The van der Waals surface area contributed by atoms with Gasteiger partial charge in [0, 0.05) is 19.3 Å². The van der Waals surface area contributed by atoms with Crippen LogP contribution in [0.3, 0.4) is 0 Å². The molecular formula is C10H12BN3O3. The summed E-state index contributed by atoms with van der Waals surface area (Å²) in [6.45, 7) is 1.55. The zero-order chi connectivity index (χ0) is 12.3.